The number of anilines is 1. The standard InChI is InChI=1S/C17H24N4O/c1-14-2-3-17(19-16(14)12-18)21-8-6-20(7-9-21)13-15-4-10-22-11-5-15/h2-3,15H,4-11,13H2,1H3. The number of hydrogen-bond donors (Lipinski definition) is 0. The molecule has 0 saturated carbocycles. The van der Waals surface area contributed by atoms with Gasteiger partial charge in [-0.05, 0) is 37.3 Å². The van der Waals surface area contributed by atoms with Crippen molar-refractivity contribution in [1.29, 1.82) is 5.26 Å². The van der Waals surface area contributed by atoms with Gasteiger partial charge in [0.2, 0.25) is 0 Å². The van der Waals surface area contributed by atoms with E-state index < -0.39 is 0 Å². The first kappa shape index (κ1) is 15.3. The maximum Gasteiger partial charge on any atom is 0.145 e. The van der Waals surface area contributed by atoms with E-state index in [-0.39, 0.29) is 0 Å². The molecule has 0 amide bonds. The van der Waals surface area contributed by atoms with Crippen LogP contribution in [-0.2, 0) is 4.74 Å². The summed E-state index contributed by atoms with van der Waals surface area (Å²) in [5.74, 6) is 1.73. The normalized spacial score (nSPS) is 20.8. The molecule has 5 nitrogen and oxygen atoms in total. The van der Waals surface area contributed by atoms with Crippen molar-refractivity contribution < 1.29 is 4.74 Å². The highest BCUT2D eigenvalue weighted by Crippen LogP contribution is 2.19. The summed E-state index contributed by atoms with van der Waals surface area (Å²) in [6.45, 7) is 9.12. The van der Waals surface area contributed by atoms with Crippen LogP contribution in [0.15, 0.2) is 12.1 Å². The monoisotopic (exact) mass is 300 g/mol. The van der Waals surface area contributed by atoms with Crippen LogP contribution in [0.2, 0.25) is 0 Å². The van der Waals surface area contributed by atoms with Crippen LogP contribution in [0.4, 0.5) is 5.82 Å². The summed E-state index contributed by atoms with van der Waals surface area (Å²) in [6.07, 6.45) is 2.40. The molecule has 0 spiro atoms. The molecule has 0 bridgehead atoms. The molecule has 3 heterocycles. The zero-order valence-corrected chi connectivity index (χ0v) is 13.3. The molecule has 2 saturated heterocycles. The SMILES string of the molecule is Cc1ccc(N2CCN(CC3CCOCC3)CC2)nc1C#N. The predicted molar refractivity (Wildman–Crippen MR) is 85.9 cm³/mol. The fourth-order valence-corrected chi connectivity index (χ4v) is 3.26. The number of piperazine rings is 1. The van der Waals surface area contributed by atoms with Gasteiger partial charge >= 0.3 is 0 Å². The minimum absolute atomic E-state index is 0.544. The molecule has 0 aliphatic carbocycles. The zero-order valence-electron chi connectivity index (χ0n) is 13.3. The molecule has 22 heavy (non-hydrogen) atoms. The van der Waals surface area contributed by atoms with Gasteiger partial charge in [0.1, 0.15) is 17.6 Å². The van der Waals surface area contributed by atoms with E-state index in [1.165, 1.54) is 19.4 Å². The number of nitriles is 1. The second-order valence-corrected chi connectivity index (χ2v) is 6.29. The molecule has 0 radical (unpaired) electrons. The average molecular weight is 300 g/mol. The van der Waals surface area contributed by atoms with Crippen LogP contribution in [-0.4, -0.2) is 55.8 Å². The lowest BCUT2D eigenvalue weighted by Gasteiger charge is -2.37. The number of rotatable bonds is 3. The van der Waals surface area contributed by atoms with Crippen molar-refractivity contribution in [3.05, 3.63) is 23.4 Å². The van der Waals surface area contributed by atoms with Crippen LogP contribution in [0, 0.1) is 24.2 Å². The summed E-state index contributed by atoms with van der Waals surface area (Å²) >= 11 is 0. The minimum atomic E-state index is 0.544. The van der Waals surface area contributed by atoms with Crippen LogP contribution in [0.3, 0.4) is 0 Å². The Labute approximate surface area is 132 Å². The maximum atomic E-state index is 9.12. The lowest BCUT2D eigenvalue weighted by molar-refractivity contribution is 0.0517. The fraction of sp³-hybridized carbons (Fsp3) is 0.647. The van der Waals surface area contributed by atoms with Gasteiger partial charge in [-0.2, -0.15) is 5.26 Å². The first-order chi connectivity index (χ1) is 10.8. The lowest BCUT2D eigenvalue weighted by Crippen LogP contribution is -2.48. The highest BCUT2D eigenvalue weighted by molar-refractivity contribution is 5.45. The van der Waals surface area contributed by atoms with Gasteiger partial charge in [-0.15, -0.1) is 0 Å². The molecule has 118 valence electrons. The Morgan fingerprint density at radius 2 is 1.95 bits per heavy atom. The molecule has 0 unspecified atom stereocenters. The summed E-state index contributed by atoms with van der Waals surface area (Å²) in [4.78, 5) is 9.34. The third-order valence-electron chi connectivity index (χ3n) is 4.74. The fourth-order valence-electron chi connectivity index (χ4n) is 3.26. The molecule has 3 rings (SSSR count). The second-order valence-electron chi connectivity index (χ2n) is 6.29. The van der Waals surface area contributed by atoms with Crippen molar-refractivity contribution >= 4 is 5.82 Å². The molecule has 1 aromatic rings. The number of ether oxygens (including phenoxy) is 1. The Hall–Kier alpha value is -1.64. The molecular formula is C17H24N4O. The van der Waals surface area contributed by atoms with E-state index >= 15 is 0 Å². The van der Waals surface area contributed by atoms with Gasteiger partial charge in [0.05, 0.1) is 0 Å². The summed E-state index contributed by atoms with van der Waals surface area (Å²) < 4.78 is 5.43. The van der Waals surface area contributed by atoms with Crippen molar-refractivity contribution in [2.75, 3.05) is 50.8 Å². The number of pyridine rings is 1. The third-order valence-corrected chi connectivity index (χ3v) is 4.74. The number of aromatic nitrogens is 1. The van der Waals surface area contributed by atoms with Gasteiger partial charge in [-0.25, -0.2) is 4.98 Å². The zero-order chi connectivity index (χ0) is 15.4. The Morgan fingerprint density at radius 3 is 2.64 bits per heavy atom. The van der Waals surface area contributed by atoms with Crippen molar-refractivity contribution in [3.8, 4) is 6.07 Å². The first-order valence-electron chi connectivity index (χ1n) is 8.19. The smallest absolute Gasteiger partial charge is 0.145 e. The molecule has 2 aliphatic heterocycles. The summed E-state index contributed by atoms with van der Waals surface area (Å²) in [5, 5.41) is 9.12. The van der Waals surface area contributed by atoms with E-state index in [2.05, 4.69) is 20.9 Å². The van der Waals surface area contributed by atoms with Gasteiger partial charge in [0, 0.05) is 45.9 Å². The Bertz CT molecular complexity index is 540. The Balaban J connectivity index is 1.54. The van der Waals surface area contributed by atoms with Crippen molar-refractivity contribution in [2.45, 2.75) is 19.8 Å². The average Bonchev–Trinajstić information content (AvgIpc) is 2.57. The minimum Gasteiger partial charge on any atom is -0.381 e. The topological polar surface area (TPSA) is 52.4 Å². The quantitative estimate of drug-likeness (QED) is 0.852. The van der Waals surface area contributed by atoms with Gasteiger partial charge in [0.15, 0.2) is 0 Å². The van der Waals surface area contributed by atoms with Crippen LogP contribution in [0.1, 0.15) is 24.1 Å². The van der Waals surface area contributed by atoms with Gasteiger partial charge in [-0.1, -0.05) is 6.07 Å². The van der Waals surface area contributed by atoms with Gasteiger partial charge in [-0.3, -0.25) is 4.90 Å². The third kappa shape index (κ3) is 3.57. The van der Waals surface area contributed by atoms with Gasteiger partial charge < -0.3 is 9.64 Å². The van der Waals surface area contributed by atoms with E-state index in [1.54, 1.807) is 0 Å². The van der Waals surface area contributed by atoms with Crippen molar-refractivity contribution in [1.82, 2.24) is 9.88 Å². The van der Waals surface area contributed by atoms with Crippen LogP contribution in [0.25, 0.3) is 0 Å². The number of hydrogen-bond acceptors (Lipinski definition) is 5. The first-order valence-corrected chi connectivity index (χ1v) is 8.19. The summed E-state index contributed by atoms with van der Waals surface area (Å²) in [7, 11) is 0. The van der Waals surface area contributed by atoms with Crippen LogP contribution >= 0.6 is 0 Å². The largest absolute Gasteiger partial charge is 0.381 e. The Kier molecular flexibility index (Phi) is 4.91. The molecule has 5 heteroatoms. The molecule has 0 atom stereocenters. The highest BCUT2D eigenvalue weighted by atomic mass is 16.5. The van der Waals surface area contributed by atoms with E-state index in [1.807, 2.05) is 19.1 Å². The molecule has 2 aliphatic rings. The van der Waals surface area contributed by atoms with Crippen molar-refractivity contribution in [2.24, 2.45) is 5.92 Å². The number of aryl methyl sites for hydroxylation is 1. The van der Waals surface area contributed by atoms with Crippen LogP contribution in [0.5, 0.6) is 0 Å². The van der Waals surface area contributed by atoms with Crippen LogP contribution < -0.4 is 4.90 Å². The van der Waals surface area contributed by atoms with Crippen molar-refractivity contribution in [3.63, 3.8) is 0 Å². The molecule has 1 aromatic heterocycles. The van der Waals surface area contributed by atoms with Gasteiger partial charge in [0.25, 0.3) is 0 Å². The second kappa shape index (κ2) is 7.08. The summed E-state index contributed by atoms with van der Waals surface area (Å²) in [5.41, 5.74) is 1.49. The lowest BCUT2D eigenvalue weighted by atomic mass is 9.99. The molecule has 0 N–H and O–H groups in total. The predicted octanol–water partition coefficient (Wildman–Crippen LogP) is 1.81. The highest BCUT2D eigenvalue weighted by Gasteiger charge is 2.22. The maximum absolute atomic E-state index is 9.12. The molecule has 0 aromatic carbocycles. The summed E-state index contributed by atoms with van der Waals surface area (Å²) in [6, 6.07) is 6.21. The Morgan fingerprint density at radius 1 is 1.23 bits per heavy atom. The van der Waals surface area contributed by atoms with E-state index in [0.29, 0.717) is 5.69 Å². The van der Waals surface area contributed by atoms with E-state index in [4.69, 9.17) is 10.00 Å². The van der Waals surface area contributed by atoms with E-state index in [9.17, 15) is 0 Å². The van der Waals surface area contributed by atoms with E-state index in [0.717, 1.165) is 56.7 Å². The molecular weight excluding hydrogens is 276 g/mol. The number of nitrogens with zero attached hydrogens (tertiary/aromatic N) is 4. The molecule has 2 fully saturated rings.